The van der Waals surface area contributed by atoms with Crippen molar-refractivity contribution in [1.82, 2.24) is 5.32 Å². The zero-order valence-corrected chi connectivity index (χ0v) is 19.5. The summed E-state index contributed by atoms with van der Waals surface area (Å²) in [6, 6.07) is 9.73. The standard InChI is InChI=1S/C23H28N2O6S/c1-5-28-18-13-16(14-19(29-6-2)20(18)30-7-3)21(26)25-23(32)24-17-11-9-15(10-12-17)22(27)31-8-4/h9-14H,5-8H2,1-4H3,(H2,24,25,26,32). The van der Waals surface area contributed by atoms with Gasteiger partial charge in [-0.05, 0) is 76.3 Å². The van der Waals surface area contributed by atoms with Gasteiger partial charge in [0.25, 0.3) is 5.91 Å². The second-order valence-electron chi connectivity index (χ2n) is 6.31. The molecule has 0 radical (unpaired) electrons. The minimum Gasteiger partial charge on any atom is -0.490 e. The first kappa shape index (κ1) is 24.9. The van der Waals surface area contributed by atoms with Gasteiger partial charge in [-0.3, -0.25) is 10.1 Å². The van der Waals surface area contributed by atoms with Crippen LogP contribution in [0, 0.1) is 0 Å². The average Bonchev–Trinajstić information content (AvgIpc) is 2.76. The number of carbonyl (C=O) groups is 2. The van der Waals surface area contributed by atoms with Crippen molar-refractivity contribution in [3.8, 4) is 17.2 Å². The lowest BCUT2D eigenvalue weighted by Crippen LogP contribution is -2.34. The van der Waals surface area contributed by atoms with Crippen LogP contribution in [0.5, 0.6) is 17.2 Å². The fourth-order valence-corrected chi connectivity index (χ4v) is 2.97. The molecular weight excluding hydrogens is 432 g/mol. The highest BCUT2D eigenvalue weighted by atomic mass is 32.1. The SMILES string of the molecule is CCOC(=O)c1ccc(NC(=S)NC(=O)c2cc(OCC)c(OCC)c(OCC)c2)cc1. The monoisotopic (exact) mass is 460 g/mol. The van der Waals surface area contributed by atoms with Gasteiger partial charge in [0.1, 0.15) is 0 Å². The minimum atomic E-state index is -0.435. The van der Waals surface area contributed by atoms with Gasteiger partial charge in [-0.2, -0.15) is 0 Å². The van der Waals surface area contributed by atoms with Gasteiger partial charge in [0.05, 0.1) is 32.0 Å². The molecule has 0 aliphatic carbocycles. The Morgan fingerprint density at radius 2 is 1.38 bits per heavy atom. The van der Waals surface area contributed by atoms with Crippen LogP contribution >= 0.6 is 12.2 Å². The predicted octanol–water partition coefficient (Wildman–Crippen LogP) is 4.19. The van der Waals surface area contributed by atoms with Crippen LogP contribution in [-0.2, 0) is 4.74 Å². The Balaban J connectivity index is 2.13. The summed E-state index contributed by atoms with van der Waals surface area (Å²) >= 11 is 5.25. The molecular formula is C23H28N2O6S. The van der Waals surface area contributed by atoms with Crippen LogP contribution in [0.2, 0.25) is 0 Å². The van der Waals surface area contributed by atoms with Gasteiger partial charge in [-0.25, -0.2) is 4.79 Å². The van der Waals surface area contributed by atoms with Crippen molar-refractivity contribution in [3.63, 3.8) is 0 Å². The Morgan fingerprint density at radius 1 is 0.812 bits per heavy atom. The van der Waals surface area contributed by atoms with Gasteiger partial charge < -0.3 is 24.3 Å². The van der Waals surface area contributed by atoms with Crippen LogP contribution in [0.15, 0.2) is 36.4 Å². The molecule has 2 aromatic rings. The lowest BCUT2D eigenvalue weighted by atomic mass is 10.1. The van der Waals surface area contributed by atoms with E-state index in [0.29, 0.717) is 60.5 Å². The molecule has 0 aliphatic heterocycles. The molecule has 0 bridgehead atoms. The van der Waals surface area contributed by atoms with E-state index in [1.807, 2.05) is 20.8 Å². The molecule has 0 unspecified atom stereocenters. The van der Waals surface area contributed by atoms with Crippen molar-refractivity contribution < 1.29 is 28.5 Å². The van der Waals surface area contributed by atoms with Crippen LogP contribution in [0.4, 0.5) is 5.69 Å². The smallest absolute Gasteiger partial charge is 0.338 e. The molecule has 0 saturated heterocycles. The number of ether oxygens (including phenoxy) is 4. The molecule has 8 nitrogen and oxygen atoms in total. The van der Waals surface area contributed by atoms with Gasteiger partial charge in [0, 0.05) is 11.3 Å². The number of rotatable bonds is 10. The zero-order valence-electron chi connectivity index (χ0n) is 18.7. The maximum atomic E-state index is 12.8. The third-order valence-corrected chi connectivity index (χ3v) is 4.26. The number of amides is 1. The van der Waals surface area contributed by atoms with E-state index in [2.05, 4.69) is 10.6 Å². The van der Waals surface area contributed by atoms with Crippen LogP contribution in [0.1, 0.15) is 48.4 Å². The van der Waals surface area contributed by atoms with Crippen molar-refractivity contribution >= 4 is 34.9 Å². The minimum absolute atomic E-state index is 0.101. The molecule has 2 rings (SSSR count). The highest BCUT2D eigenvalue weighted by Crippen LogP contribution is 2.39. The molecule has 2 aromatic carbocycles. The highest BCUT2D eigenvalue weighted by Gasteiger charge is 2.19. The number of hydrogen-bond acceptors (Lipinski definition) is 7. The van der Waals surface area contributed by atoms with Crippen LogP contribution in [0.25, 0.3) is 0 Å². The van der Waals surface area contributed by atoms with Crippen molar-refractivity contribution in [1.29, 1.82) is 0 Å². The predicted molar refractivity (Wildman–Crippen MR) is 126 cm³/mol. The Hall–Kier alpha value is -3.33. The number of carbonyl (C=O) groups excluding carboxylic acids is 2. The molecule has 0 atom stereocenters. The van der Waals surface area contributed by atoms with Crippen molar-refractivity contribution in [2.75, 3.05) is 31.7 Å². The first-order chi connectivity index (χ1) is 15.4. The number of benzene rings is 2. The Labute approximate surface area is 193 Å². The molecule has 32 heavy (non-hydrogen) atoms. The van der Waals surface area contributed by atoms with Gasteiger partial charge in [-0.15, -0.1) is 0 Å². The van der Waals surface area contributed by atoms with E-state index in [1.165, 1.54) is 0 Å². The Morgan fingerprint density at radius 3 is 1.88 bits per heavy atom. The van der Waals surface area contributed by atoms with Crippen LogP contribution in [-0.4, -0.2) is 43.4 Å². The zero-order chi connectivity index (χ0) is 23.5. The number of hydrogen-bond donors (Lipinski definition) is 2. The number of esters is 1. The summed E-state index contributed by atoms with van der Waals surface area (Å²) < 4.78 is 21.9. The van der Waals surface area contributed by atoms with E-state index in [9.17, 15) is 9.59 Å². The molecule has 0 heterocycles. The van der Waals surface area contributed by atoms with Crippen molar-refractivity contribution in [2.24, 2.45) is 0 Å². The fraction of sp³-hybridized carbons (Fsp3) is 0.348. The Kier molecular flexibility index (Phi) is 9.75. The van der Waals surface area contributed by atoms with Crippen molar-refractivity contribution in [3.05, 3.63) is 47.5 Å². The second-order valence-corrected chi connectivity index (χ2v) is 6.71. The molecule has 0 spiro atoms. The molecule has 2 N–H and O–H groups in total. The summed E-state index contributed by atoms with van der Waals surface area (Å²) in [5.74, 6) is 0.448. The summed E-state index contributed by atoms with van der Waals surface area (Å²) in [6.45, 7) is 8.82. The molecule has 1 amide bonds. The normalized spacial score (nSPS) is 10.1. The largest absolute Gasteiger partial charge is 0.490 e. The maximum Gasteiger partial charge on any atom is 0.338 e. The van der Waals surface area contributed by atoms with Gasteiger partial charge >= 0.3 is 5.97 Å². The molecule has 0 saturated carbocycles. The third-order valence-electron chi connectivity index (χ3n) is 4.05. The maximum absolute atomic E-state index is 12.8. The second kappa shape index (κ2) is 12.5. The summed E-state index contributed by atoms with van der Waals surface area (Å²) in [6.07, 6.45) is 0. The van der Waals surface area contributed by atoms with E-state index in [4.69, 9.17) is 31.2 Å². The van der Waals surface area contributed by atoms with E-state index in [-0.39, 0.29) is 5.11 Å². The molecule has 172 valence electrons. The van der Waals surface area contributed by atoms with Crippen LogP contribution in [0.3, 0.4) is 0 Å². The molecule has 0 aromatic heterocycles. The first-order valence-corrected chi connectivity index (χ1v) is 10.8. The summed E-state index contributed by atoms with van der Waals surface area (Å²) in [5.41, 5.74) is 1.34. The summed E-state index contributed by atoms with van der Waals surface area (Å²) in [5, 5.41) is 5.64. The Bertz CT molecular complexity index is 919. The number of thiocarbonyl (C=S) groups is 1. The quantitative estimate of drug-likeness (QED) is 0.403. The summed E-state index contributed by atoms with van der Waals surface area (Å²) in [4.78, 5) is 24.5. The lowest BCUT2D eigenvalue weighted by Gasteiger charge is -2.17. The molecule has 9 heteroatoms. The number of nitrogens with one attached hydrogen (secondary N) is 2. The van der Waals surface area contributed by atoms with E-state index in [1.54, 1.807) is 43.3 Å². The van der Waals surface area contributed by atoms with E-state index < -0.39 is 11.9 Å². The fourth-order valence-electron chi connectivity index (χ4n) is 2.76. The first-order valence-electron chi connectivity index (χ1n) is 10.4. The van der Waals surface area contributed by atoms with E-state index in [0.717, 1.165) is 0 Å². The van der Waals surface area contributed by atoms with Crippen LogP contribution < -0.4 is 24.8 Å². The lowest BCUT2D eigenvalue weighted by molar-refractivity contribution is 0.0526. The summed E-state index contributed by atoms with van der Waals surface area (Å²) in [7, 11) is 0. The van der Waals surface area contributed by atoms with Gasteiger partial charge in [0.15, 0.2) is 16.6 Å². The highest BCUT2D eigenvalue weighted by molar-refractivity contribution is 7.80. The van der Waals surface area contributed by atoms with E-state index >= 15 is 0 Å². The molecule has 0 fully saturated rings. The average molecular weight is 461 g/mol. The topological polar surface area (TPSA) is 95.1 Å². The number of anilines is 1. The third kappa shape index (κ3) is 6.84. The van der Waals surface area contributed by atoms with Crippen molar-refractivity contribution in [2.45, 2.75) is 27.7 Å². The van der Waals surface area contributed by atoms with Gasteiger partial charge in [-0.1, -0.05) is 0 Å². The molecule has 0 aliphatic rings. The van der Waals surface area contributed by atoms with Gasteiger partial charge in [0.2, 0.25) is 5.75 Å².